The molecule has 34 heavy (non-hydrogen) atoms. The van der Waals surface area contributed by atoms with Crippen molar-refractivity contribution in [2.75, 3.05) is 13.6 Å². The Morgan fingerprint density at radius 2 is 1.59 bits per heavy atom. The fourth-order valence-corrected chi connectivity index (χ4v) is 2.38. The maximum Gasteiger partial charge on any atom is 0.490 e. The van der Waals surface area contributed by atoms with E-state index in [0.717, 1.165) is 36.5 Å². The topological polar surface area (TPSA) is 124 Å². The number of benzene rings is 1. The van der Waals surface area contributed by atoms with Crippen LogP contribution < -0.4 is 0 Å². The molecule has 0 spiro atoms. The summed E-state index contributed by atoms with van der Waals surface area (Å²) in [6.07, 6.45) is -8.25. The van der Waals surface area contributed by atoms with Gasteiger partial charge in [-0.3, -0.25) is 10.00 Å². The van der Waals surface area contributed by atoms with Gasteiger partial charge >= 0.3 is 24.3 Å². The molecule has 0 saturated carbocycles. The molecule has 2 heterocycles. The highest BCUT2D eigenvalue weighted by atomic mass is 19.4. The van der Waals surface area contributed by atoms with Gasteiger partial charge in [-0.05, 0) is 32.2 Å². The first kappa shape index (κ1) is 28.4. The van der Waals surface area contributed by atoms with Crippen LogP contribution in [0, 0.1) is 6.92 Å². The van der Waals surface area contributed by atoms with E-state index >= 15 is 0 Å². The van der Waals surface area contributed by atoms with Gasteiger partial charge in [0, 0.05) is 25.3 Å². The molecule has 0 amide bonds. The molecule has 0 saturated heterocycles. The lowest BCUT2D eigenvalue weighted by atomic mass is 10.3. The quantitative estimate of drug-likeness (QED) is 0.461. The minimum absolute atomic E-state index is 0.858. The number of nitrogens with zero attached hydrogens (tertiary/aromatic N) is 4. The van der Waals surface area contributed by atoms with Crippen LogP contribution in [0.25, 0.3) is 11.0 Å². The molecule has 0 bridgehead atoms. The van der Waals surface area contributed by atoms with Crippen LogP contribution in [-0.4, -0.2) is 72.7 Å². The summed E-state index contributed by atoms with van der Waals surface area (Å²) in [5.74, 6) is -5.51. The summed E-state index contributed by atoms with van der Waals surface area (Å²) in [7, 11) is 2.11. The highest BCUT2D eigenvalue weighted by Crippen LogP contribution is 2.14. The van der Waals surface area contributed by atoms with Crippen LogP contribution in [0.4, 0.5) is 26.3 Å². The second-order valence-corrected chi connectivity index (χ2v) is 6.81. The number of carbonyl (C=O) groups is 2. The molecule has 15 heteroatoms. The number of carboxylic acids is 2. The van der Waals surface area contributed by atoms with Gasteiger partial charge in [0.1, 0.15) is 0 Å². The van der Waals surface area contributed by atoms with E-state index in [4.69, 9.17) is 19.8 Å². The number of likely N-dealkylation sites (N-methyl/N-ethyl adjacent to an activating group) is 1. The number of hydrogen-bond donors (Lipinski definition) is 3. The predicted octanol–water partition coefficient (Wildman–Crippen LogP) is 3.47. The Labute approximate surface area is 188 Å². The van der Waals surface area contributed by atoms with Crippen molar-refractivity contribution >= 4 is 23.0 Å². The molecule has 0 fully saturated rings. The number of aryl methyl sites for hydroxylation is 1. The molecule has 0 atom stereocenters. The molecule has 188 valence electrons. The van der Waals surface area contributed by atoms with E-state index in [0.29, 0.717) is 0 Å². The second kappa shape index (κ2) is 12.0. The molecule has 0 unspecified atom stereocenters. The van der Waals surface area contributed by atoms with Crippen molar-refractivity contribution < 1.29 is 46.1 Å². The minimum Gasteiger partial charge on any atom is -0.475 e. The van der Waals surface area contributed by atoms with E-state index < -0.39 is 24.3 Å². The van der Waals surface area contributed by atoms with Gasteiger partial charge in [-0.1, -0.05) is 12.1 Å². The molecular formula is C19H21F6N5O4. The number of imidazole rings is 1. The molecule has 1 aromatic carbocycles. The first-order chi connectivity index (χ1) is 15.6. The van der Waals surface area contributed by atoms with E-state index in [9.17, 15) is 26.3 Å². The molecule has 0 radical (unpaired) electrons. The summed E-state index contributed by atoms with van der Waals surface area (Å²) in [5, 5.41) is 21.5. The Bertz CT molecular complexity index is 1050. The van der Waals surface area contributed by atoms with Crippen LogP contribution in [-0.2, 0) is 22.7 Å². The Balaban J connectivity index is 0.000000343. The van der Waals surface area contributed by atoms with Gasteiger partial charge in [-0.15, -0.1) is 0 Å². The van der Waals surface area contributed by atoms with Crippen molar-refractivity contribution in [1.82, 2.24) is 24.6 Å². The smallest absolute Gasteiger partial charge is 0.475 e. The summed E-state index contributed by atoms with van der Waals surface area (Å²) in [5.41, 5.74) is 4.43. The van der Waals surface area contributed by atoms with Gasteiger partial charge < -0.3 is 14.8 Å². The van der Waals surface area contributed by atoms with Gasteiger partial charge in [0.05, 0.1) is 23.1 Å². The number of aromatic amines is 1. The standard InChI is InChI=1S/C15H19N5.2C2HF3O2/c1-12-9-13(18-17-12)10-19(2)7-8-20-11-16-14-5-3-4-6-15(14)20;2*3-2(4,5)1(6)7/h3-6,9,11H,7-8,10H2,1-2H3,(H,17,18);2*(H,6,7). The number of halogens is 6. The number of hydrogen-bond acceptors (Lipinski definition) is 5. The zero-order chi connectivity index (χ0) is 26.1. The molecule has 9 nitrogen and oxygen atoms in total. The summed E-state index contributed by atoms with van der Waals surface area (Å²) >= 11 is 0. The Morgan fingerprint density at radius 3 is 2.06 bits per heavy atom. The largest absolute Gasteiger partial charge is 0.490 e. The summed E-state index contributed by atoms with van der Waals surface area (Å²) in [6, 6.07) is 10.3. The molecular weight excluding hydrogens is 476 g/mol. The van der Waals surface area contributed by atoms with Crippen molar-refractivity contribution in [3.63, 3.8) is 0 Å². The summed E-state index contributed by atoms with van der Waals surface area (Å²) < 4.78 is 65.7. The average molecular weight is 497 g/mol. The third kappa shape index (κ3) is 9.89. The van der Waals surface area contributed by atoms with Crippen molar-refractivity contribution in [3.8, 4) is 0 Å². The first-order valence-electron chi connectivity index (χ1n) is 9.30. The third-order valence-corrected chi connectivity index (χ3v) is 3.93. The van der Waals surface area contributed by atoms with E-state index in [1.165, 1.54) is 5.52 Å². The van der Waals surface area contributed by atoms with Crippen LogP contribution in [0.3, 0.4) is 0 Å². The van der Waals surface area contributed by atoms with Crippen LogP contribution in [0.5, 0.6) is 0 Å². The van der Waals surface area contributed by atoms with Crippen LogP contribution in [0.2, 0.25) is 0 Å². The Hall–Kier alpha value is -3.62. The number of para-hydroxylation sites is 2. The number of H-pyrrole nitrogens is 1. The van der Waals surface area contributed by atoms with E-state index in [-0.39, 0.29) is 0 Å². The summed E-state index contributed by atoms with van der Waals surface area (Å²) in [4.78, 5) is 24.5. The molecule has 0 aliphatic carbocycles. The van der Waals surface area contributed by atoms with Gasteiger partial charge in [0.15, 0.2) is 0 Å². The molecule has 3 rings (SSSR count). The van der Waals surface area contributed by atoms with Crippen LogP contribution >= 0.6 is 0 Å². The molecule has 2 aromatic heterocycles. The lowest BCUT2D eigenvalue weighted by Crippen LogP contribution is -2.22. The number of nitrogens with one attached hydrogen (secondary N) is 1. The number of aromatic nitrogens is 4. The third-order valence-electron chi connectivity index (χ3n) is 3.93. The number of carboxylic acid groups (broad SMARTS) is 2. The van der Waals surface area contributed by atoms with E-state index in [1.54, 1.807) is 0 Å². The minimum atomic E-state index is -5.08. The number of rotatable bonds is 5. The monoisotopic (exact) mass is 497 g/mol. The fraction of sp³-hybridized carbons (Fsp3) is 0.368. The lowest BCUT2D eigenvalue weighted by Gasteiger charge is -2.15. The van der Waals surface area contributed by atoms with Gasteiger partial charge in [-0.2, -0.15) is 31.4 Å². The van der Waals surface area contributed by atoms with Gasteiger partial charge in [-0.25, -0.2) is 14.6 Å². The zero-order valence-electron chi connectivity index (χ0n) is 17.9. The van der Waals surface area contributed by atoms with Crippen LogP contribution in [0.1, 0.15) is 11.4 Å². The zero-order valence-corrected chi connectivity index (χ0v) is 17.9. The van der Waals surface area contributed by atoms with Crippen LogP contribution in [0.15, 0.2) is 36.7 Å². The van der Waals surface area contributed by atoms with Crippen molar-refractivity contribution in [2.24, 2.45) is 0 Å². The maximum absolute atomic E-state index is 10.6. The normalized spacial score (nSPS) is 11.4. The van der Waals surface area contributed by atoms with Crippen molar-refractivity contribution in [3.05, 3.63) is 48.0 Å². The average Bonchev–Trinajstić information content (AvgIpc) is 3.31. The fourth-order valence-electron chi connectivity index (χ4n) is 2.38. The number of aliphatic carboxylic acids is 2. The lowest BCUT2D eigenvalue weighted by molar-refractivity contribution is -0.193. The molecule has 0 aliphatic heterocycles. The van der Waals surface area contributed by atoms with Crippen molar-refractivity contribution in [2.45, 2.75) is 32.4 Å². The van der Waals surface area contributed by atoms with E-state index in [1.807, 2.05) is 25.4 Å². The Morgan fingerprint density at radius 1 is 1.06 bits per heavy atom. The number of alkyl halides is 6. The SMILES string of the molecule is Cc1cc(CN(C)CCn2cnc3ccccc32)n[nH]1.O=C(O)C(F)(F)F.O=C(O)C(F)(F)F. The molecule has 3 aromatic rings. The highest BCUT2D eigenvalue weighted by Gasteiger charge is 2.38. The van der Waals surface area contributed by atoms with E-state index in [2.05, 4.69) is 49.9 Å². The predicted molar refractivity (Wildman–Crippen MR) is 107 cm³/mol. The molecule has 3 N–H and O–H groups in total. The first-order valence-corrected chi connectivity index (χ1v) is 9.30. The van der Waals surface area contributed by atoms with Crippen molar-refractivity contribution in [1.29, 1.82) is 0 Å². The Kier molecular flexibility index (Phi) is 10.0. The molecule has 0 aliphatic rings. The second-order valence-electron chi connectivity index (χ2n) is 6.81. The summed E-state index contributed by atoms with van der Waals surface area (Å²) in [6.45, 7) is 4.78. The van der Waals surface area contributed by atoms with Gasteiger partial charge in [0.2, 0.25) is 0 Å². The maximum atomic E-state index is 10.6. The number of fused-ring (bicyclic) bond motifs is 1. The van der Waals surface area contributed by atoms with Gasteiger partial charge in [0.25, 0.3) is 0 Å². The highest BCUT2D eigenvalue weighted by molar-refractivity contribution is 5.75.